The van der Waals surface area contributed by atoms with Crippen LogP contribution in [0, 0.1) is 11.7 Å². The van der Waals surface area contributed by atoms with Gasteiger partial charge in [0.25, 0.3) is 5.91 Å². The van der Waals surface area contributed by atoms with E-state index in [4.69, 9.17) is 11.6 Å². The maximum absolute atomic E-state index is 13.5. The summed E-state index contributed by atoms with van der Waals surface area (Å²) in [5, 5.41) is 0.217. The molecule has 1 amide bonds. The molecule has 0 saturated carbocycles. The molecule has 2 fully saturated rings. The highest BCUT2D eigenvalue weighted by molar-refractivity contribution is 8.16. The Morgan fingerprint density at radius 3 is 2.69 bits per heavy atom. The molecule has 9 heteroatoms. The predicted octanol–water partition coefficient (Wildman–Crippen LogP) is 3.52. The maximum Gasteiger partial charge on any atom is 0.251 e. The molecule has 2 atom stereocenters. The van der Waals surface area contributed by atoms with Crippen molar-refractivity contribution >= 4 is 50.0 Å². The lowest BCUT2D eigenvalue weighted by Gasteiger charge is -2.25. The van der Waals surface area contributed by atoms with Crippen molar-refractivity contribution in [3.8, 4) is 0 Å². The molecular weight excluding hydrogens is 399 g/mol. The Morgan fingerprint density at radius 1 is 1.38 bits per heavy atom. The lowest BCUT2D eigenvalue weighted by Crippen LogP contribution is -2.38. The number of sulfone groups is 1. The minimum Gasteiger partial charge on any atom is -0.316 e. The molecule has 2 heterocycles. The van der Waals surface area contributed by atoms with Gasteiger partial charge in [-0.3, -0.25) is 4.79 Å². The number of fused-ring (bicyclic) bond motifs is 1. The van der Waals surface area contributed by atoms with Crippen LogP contribution in [-0.2, 0) is 14.6 Å². The van der Waals surface area contributed by atoms with Gasteiger partial charge in [0.05, 0.1) is 22.6 Å². The van der Waals surface area contributed by atoms with E-state index >= 15 is 0 Å². The molecule has 0 N–H and O–H groups in total. The van der Waals surface area contributed by atoms with Crippen molar-refractivity contribution in [2.45, 2.75) is 38.0 Å². The highest BCUT2D eigenvalue weighted by Gasteiger charge is 2.49. The van der Waals surface area contributed by atoms with E-state index in [0.29, 0.717) is 23.7 Å². The maximum atomic E-state index is 13.5. The monoisotopic (exact) mass is 418 g/mol. The van der Waals surface area contributed by atoms with Crippen molar-refractivity contribution < 1.29 is 17.6 Å². The van der Waals surface area contributed by atoms with Crippen LogP contribution >= 0.6 is 23.4 Å². The number of aliphatic imine (C=N–C) groups is 1. The minimum absolute atomic E-state index is 0.0160. The third-order valence-electron chi connectivity index (χ3n) is 4.79. The second-order valence-electron chi connectivity index (χ2n) is 6.52. The van der Waals surface area contributed by atoms with Crippen molar-refractivity contribution in [3.63, 3.8) is 0 Å². The van der Waals surface area contributed by atoms with Crippen LogP contribution in [0.5, 0.6) is 0 Å². The number of carbonyl (C=O) groups is 1. The van der Waals surface area contributed by atoms with Crippen LogP contribution in [0.2, 0.25) is 5.02 Å². The Morgan fingerprint density at radius 2 is 2.08 bits per heavy atom. The van der Waals surface area contributed by atoms with Crippen LogP contribution in [0.15, 0.2) is 23.2 Å². The zero-order chi connectivity index (χ0) is 19.1. The fourth-order valence-electron chi connectivity index (χ4n) is 3.32. The van der Waals surface area contributed by atoms with Crippen LogP contribution in [0.4, 0.5) is 10.1 Å². The molecule has 0 spiro atoms. The number of rotatable bonds is 4. The third kappa shape index (κ3) is 3.77. The van der Waals surface area contributed by atoms with E-state index in [1.165, 1.54) is 30.0 Å². The molecule has 0 unspecified atom stereocenters. The van der Waals surface area contributed by atoms with Gasteiger partial charge in [0.2, 0.25) is 0 Å². The molecule has 1 aromatic carbocycles. The first kappa shape index (κ1) is 19.6. The second-order valence-corrected chi connectivity index (χ2v) is 10.3. The summed E-state index contributed by atoms with van der Waals surface area (Å²) in [6, 6.07) is 3.88. The van der Waals surface area contributed by atoms with Gasteiger partial charge in [0.15, 0.2) is 15.0 Å². The van der Waals surface area contributed by atoms with Crippen LogP contribution in [0.25, 0.3) is 0 Å². The number of hydrogen-bond acceptors (Lipinski definition) is 4. The van der Waals surface area contributed by atoms with Crippen molar-refractivity contribution in [3.05, 3.63) is 29.0 Å². The summed E-state index contributed by atoms with van der Waals surface area (Å²) in [6.07, 6.45) is 1.39. The number of nitrogens with zero attached hydrogens (tertiary/aromatic N) is 2. The standard InChI is InChI=1S/C17H20ClFN2O3S2/c1-3-10(4-2)16(22)20-17-21(11-5-6-13(19)12(18)7-11)14-8-26(23,24)9-15(14)25-17/h5-7,10,14-15H,3-4,8-9H2,1-2H3/t14-,15+/m0/s1. The Bertz CT molecular complexity index is 856. The Labute approximate surface area is 161 Å². The normalized spacial score (nSPS) is 25.9. The zero-order valence-electron chi connectivity index (χ0n) is 14.5. The largest absolute Gasteiger partial charge is 0.316 e. The molecule has 0 bridgehead atoms. The number of hydrogen-bond donors (Lipinski definition) is 0. The number of carbonyl (C=O) groups excluding carboxylic acids is 1. The highest BCUT2D eigenvalue weighted by Crippen LogP contribution is 2.41. The third-order valence-corrected chi connectivity index (χ3v) is 8.29. The summed E-state index contributed by atoms with van der Waals surface area (Å²) in [5.74, 6) is -0.891. The summed E-state index contributed by atoms with van der Waals surface area (Å²) >= 11 is 7.21. The Kier molecular flexibility index (Phi) is 5.65. The average Bonchev–Trinajstić information content (AvgIpc) is 3.02. The van der Waals surface area contributed by atoms with Crippen LogP contribution in [-0.4, -0.2) is 42.3 Å². The topological polar surface area (TPSA) is 66.8 Å². The highest BCUT2D eigenvalue weighted by atomic mass is 35.5. The summed E-state index contributed by atoms with van der Waals surface area (Å²) in [4.78, 5) is 18.5. The first-order valence-corrected chi connectivity index (χ1v) is 11.6. The fraction of sp³-hybridized carbons (Fsp3) is 0.529. The number of anilines is 1. The van der Waals surface area contributed by atoms with E-state index in [9.17, 15) is 17.6 Å². The fourth-order valence-corrected chi connectivity index (χ4v) is 7.42. The van der Waals surface area contributed by atoms with E-state index in [2.05, 4.69) is 4.99 Å². The molecule has 2 aliphatic heterocycles. The molecule has 2 aliphatic rings. The van der Waals surface area contributed by atoms with Gasteiger partial charge in [-0.15, -0.1) is 0 Å². The van der Waals surface area contributed by atoms with E-state index in [1.54, 1.807) is 4.90 Å². The van der Waals surface area contributed by atoms with Gasteiger partial charge in [-0.1, -0.05) is 37.2 Å². The molecule has 0 aromatic heterocycles. The van der Waals surface area contributed by atoms with E-state index in [0.717, 1.165) is 0 Å². The lowest BCUT2D eigenvalue weighted by molar-refractivity contribution is -0.121. The molecular formula is C17H20ClFN2O3S2. The molecule has 142 valence electrons. The van der Waals surface area contributed by atoms with Gasteiger partial charge in [-0.25, -0.2) is 12.8 Å². The molecule has 1 aromatic rings. The molecule has 3 rings (SSSR count). The van der Waals surface area contributed by atoms with Gasteiger partial charge < -0.3 is 4.90 Å². The van der Waals surface area contributed by atoms with Crippen molar-refractivity contribution in [1.82, 2.24) is 0 Å². The van der Waals surface area contributed by atoms with Gasteiger partial charge in [0.1, 0.15) is 5.82 Å². The number of benzene rings is 1. The van der Waals surface area contributed by atoms with E-state index < -0.39 is 15.7 Å². The van der Waals surface area contributed by atoms with E-state index in [-0.39, 0.29) is 39.6 Å². The van der Waals surface area contributed by atoms with Crippen molar-refractivity contribution in [2.75, 3.05) is 16.4 Å². The smallest absolute Gasteiger partial charge is 0.251 e. The quantitative estimate of drug-likeness (QED) is 0.748. The first-order valence-electron chi connectivity index (χ1n) is 8.49. The summed E-state index contributed by atoms with van der Waals surface area (Å²) in [5.41, 5.74) is 0.546. The van der Waals surface area contributed by atoms with E-state index in [1.807, 2.05) is 13.8 Å². The molecule has 0 aliphatic carbocycles. The summed E-state index contributed by atoms with van der Waals surface area (Å²) in [6.45, 7) is 3.87. The molecule has 2 saturated heterocycles. The van der Waals surface area contributed by atoms with Gasteiger partial charge in [0, 0.05) is 16.9 Å². The number of halogens is 2. The average molecular weight is 419 g/mol. The zero-order valence-corrected chi connectivity index (χ0v) is 16.9. The second kappa shape index (κ2) is 7.48. The van der Waals surface area contributed by atoms with Crippen molar-refractivity contribution in [1.29, 1.82) is 0 Å². The molecule has 26 heavy (non-hydrogen) atoms. The van der Waals surface area contributed by atoms with Gasteiger partial charge in [-0.2, -0.15) is 4.99 Å². The number of amides is 1. The minimum atomic E-state index is -3.15. The molecule has 5 nitrogen and oxygen atoms in total. The SMILES string of the molecule is CCC(CC)C(=O)N=C1S[C@@H]2CS(=O)(=O)C[C@@H]2N1c1ccc(F)c(Cl)c1. The first-order chi connectivity index (χ1) is 12.3. The summed E-state index contributed by atoms with van der Waals surface area (Å²) in [7, 11) is -3.15. The van der Waals surface area contributed by atoms with Crippen LogP contribution < -0.4 is 4.90 Å². The number of amidine groups is 1. The Balaban J connectivity index is 2.01. The summed E-state index contributed by atoms with van der Waals surface area (Å²) < 4.78 is 37.6. The Hall–Kier alpha value is -1.12. The lowest BCUT2D eigenvalue weighted by atomic mass is 10.0. The van der Waals surface area contributed by atoms with Crippen molar-refractivity contribution in [2.24, 2.45) is 10.9 Å². The van der Waals surface area contributed by atoms with Gasteiger partial charge >= 0.3 is 0 Å². The number of thioether (sulfide) groups is 1. The van der Waals surface area contributed by atoms with Crippen LogP contribution in [0.3, 0.4) is 0 Å². The predicted molar refractivity (Wildman–Crippen MR) is 104 cm³/mol. The van der Waals surface area contributed by atoms with Crippen LogP contribution in [0.1, 0.15) is 26.7 Å². The van der Waals surface area contributed by atoms with Gasteiger partial charge in [-0.05, 0) is 31.0 Å². The molecule has 0 radical (unpaired) electrons.